The Bertz CT molecular complexity index is 628. The summed E-state index contributed by atoms with van der Waals surface area (Å²) in [6.07, 6.45) is 0.216. The fourth-order valence-electron chi connectivity index (χ4n) is 3.16. The number of ether oxygens (including phenoxy) is 1. The molecular formula is C20H29NO3. The second-order valence-corrected chi connectivity index (χ2v) is 7.93. The third-order valence-electron chi connectivity index (χ3n) is 4.37. The standard InChI is InChI=1S/C20H29NO3/c1-7-24-18(22)11-17-15-9-8-14(20(4,5)6)10-16(15)19(23)21(17)12-13(2)3/h8-10,13,17H,7,11-12H2,1-6H3. The van der Waals surface area contributed by atoms with Gasteiger partial charge in [-0.15, -0.1) is 0 Å². The zero-order valence-corrected chi connectivity index (χ0v) is 15.7. The summed E-state index contributed by atoms with van der Waals surface area (Å²) in [5.41, 5.74) is 2.80. The largest absolute Gasteiger partial charge is 0.466 e. The van der Waals surface area contributed by atoms with Crippen LogP contribution in [0.1, 0.15) is 75.5 Å². The fourth-order valence-corrected chi connectivity index (χ4v) is 3.16. The van der Waals surface area contributed by atoms with Crippen molar-refractivity contribution >= 4 is 11.9 Å². The van der Waals surface area contributed by atoms with Gasteiger partial charge in [0.15, 0.2) is 0 Å². The van der Waals surface area contributed by atoms with Crippen molar-refractivity contribution in [2.24, 2.45) is 5.92 Å². The Balaban J connectivity index is 2.41. The summed E-state index contributed by atoms with van der Waals surface area (Å²) in [5, 5.41) is 0. The van der Waals surface area contributed by atoms with Gasteiger partial charge in [0, 0.05) is 12.1 Å². The quantitative estimate of drug-likeness (QED) is 0.764. The number of hydrogen-bond donors (Lipinski definition) is 0. The van der Waals surface area contributed by atoms with Gasteiger partial charge in [-0.3, -0.25) is 9.59 Å². The van der Waals surface area contributed by atoms with Gasteiger partial charge < -0.3 is 9.64 Å². The Morgan fingerprint density at radius 1 is 1.29 bits per heavy atom. The van der Waals surface area contributed by atoms with E-state index in [9.17, 15) is 9.59 Å². The second kappa shape index (κ2) is 6.96. The van der Waals surface area contributed by atoms with Gasteiger partial charge in [-0.1, -0.05) is 46.8 Å². The number of carbonyl (C=O) groups excluding carboxylic acids is 2. The minimum absolute atomic E-state index is 0.0165. The second-order valence-electron chi connectivity index (χ2n) is 7.93. The Hall–Kier alpha value is -1.84. The molecule has 0 fully saturated rings. The molecule has 0 saturated heterocycles. The highest BCUT2D eigenvalue weighted by Gasteiger charge is 2.38. The Labute approximate surface area is 145 Å². The molecule has 2 rings (SSSR count). The summed E-state index contributed by atoms with van der Waals surface area (Å²) in [6, 6.07) is 5.86. The molecule has 1 aliphatic heterocycles. The van der Waals surface area contributed by atoms with Crippen LogP contribution in [0.4, 0.5) is 0 Å². The van der Waals surface area contributed by atoms with Crippen LogP contribution >= 0.6 is 0 Å². The molecule has 0 spiro atoms. The smallest absolute Gasteiger partial charge is 0.308 e. The fraction of sp³-hybridized carbons (Fsp3) is 0.600. The highest BCUT2D eigenvalue weighted by molar-refractivity contribution is 6.00. The van der Waals surface area contributed by atoms with Gasteiger partial charge in [-0.2, -0.15) is 0 Å². The van der Waals surface area contributed by atoms with Crippen LogP contribution in [0.15, 0.2) is 18.2 Å². The maximum absolute atomic E-state index is 12.9. The Morgan fingerprint density at radius 2 is 1.96 bits per heavy atom. The van der Waals surface area contributed by atoms with Gasteiger partial charge in [-0.05, 0) is 35.4 Å². The molecule has 24 heavy (non-hydrogen) atoms. The zero-order chi connectivity index (χ0) is 18.1. The maximum atomic E-state index is 12.9. The Kier molecular flexibility index (Phi) is 5.36. The van der Waals surface area contributed by atoms with E-state index in [1.54, 1.807) is 6.92 Å². The minimum Gasteiger partial charge on any atom is -0.466 e. The molecule has 1 atom stereocenters. The molecule has 1 aliphatic rings. The van der Waals surface area contributed by atoms with Crippen molar-refractivity contribution in [3.8, 4) is 0 Å². The van der Waals surface area contributed by atoms with Crippen LogP contribution in [0.3, 0.4) is 0 Å². The molecule has 0 aromatic heterocycles. The molecule has 132 valence electrons. The van der Waals surface area contributed by atoms with Gasteiger partial charge >= 0.3 is 5.97 Å². The molecule has 1 heterocycles. The van der Waals surface area contributed by atoms with Crippen LogP contribution in [0.5, 0.6) is 0 Å². The van der Waals surface area contributed by atoms with E-state index >= 15 is 0 Å². The third kappa shape index (κ3) is 3.80. The van der Waals surface area contributed by atoms with Crippen molar-refractivity contribution in [1.29, 1.82) is 0 Å². The topological polar surface area (TPSA) is 46.6 Å². The van der Waals surface area contributed by atoms with Gasteiger partial charge in [0.05, 0.1) is 19.1 Å². The lowest BCUT2D eigenvalue weighted by atomic mass is 9.85. The molecular weight excluding hydrogens is 302 g/mol. The molecule has 1 aromatic carbocycles. The lowest BCUT2D eigenvalue weighted by Crippen LogP contribution is -2.33. The molecule has 0 aliphatic carbocycles. The van der Waals surface area contributed by atoms with Crippen LogP contribution in [-0.4, -0.2) is 29.9 Å². The molecule has 1 amide bonds. The number of rotatable bonds is 5. The number of nitrogens with zero attached hydrogens (tertiary/aromatic N) is 1. The number of fused-ring (bicyclic) bond motifs is 1. The Morgan fingerprint density at radius 3 is 2.50 bits per heavy atom. The first-order valence-electron chi connectivity index (χ1n) is 8.76. The lowest BCUT2D eigenvalue weighted by Gasteiger charge is -2.26. The van der Waals surface area contributed by atoms with E-state index in [4.69, 9.17) is 4.74 Å². The van der Waals surface area contributed by atoms with E-state index in [0.717, 1.165) is 16.7 Å². The summed E-state index contributed by atoms with van der Waals surface area (Å²) in [7, 11) is 0. The number of esters is 1. The van der Waals surface area contributed by atoms with E-state index in [0.29, 0.717) is 19.1 Å². The highest BCUT2D eigenvalue weighted by atomic mass is 16.5. The van der Waals surface area contributed by atoms with E-state index < -0.39 is 0 Å². The average molecular weight is 331 g/mol. The first-order chi connectivity index (χ1) is 11.1. The summed E-state index contributed by atoms with van der Waals surface area (Å²) >= 11 is 0. The van der Waals surface area contributed by atoms with Crippen LogP contribution in [0.2, 0.25) is 0 Å². The SMILES string of the molecule is CCOC(=O)CC1c2ccc(C(C)(C)C)cc2C(=O)N1CC(C)C. The van der Waals surface area contributed by atoms with Crippen molar-refractivity contribution in [2.75, 3.05) is 13.2 Å². The van der Waals surface area contributed by atoms with Crippen LogP contribution in [-0.2, 0) is 14.9 Å². The first-order valence-corrected chi connectivity index (χ1v) is 8.76. The van der Waals surface area contributed by atoms with Gasteiger partial charge in [0.2, 0.25) is 0 Å². The van der Waals surface area contributed by atoms with Crippen molar-refractivity contribution in [2.45, 2.75) is 59.4 Å². The predicted octanol–water partition coefficient (Wildman–Crippen LogP) is 4.09. The first kappa shape index (κ1) is 18.5. The zero-order valence-electron chi connectivity index (χ0n) is 15.7. The average Bonchev–Trinajstić information content (AvgIpc) is 2.71. The molecule has 1 unspecified atom stereocenters. The predicted molar refractivity (Wildman–Crippen MR) is 95.0 cm³/mol. The van der Waals surface area contributed by atoms with E-state index in [2.05, 4.69) is 40.7 Å². The van der Waals surface area contributed by atoms with Crippen LogP contribution in [0.25, 0.3) is 0 Å². The van der Waals surface area contributed by atoms with Crippen molar-refractivity contribution in [1.82, 2.24) is 4.90 Å². The maximum Gasteiger partial charge on any atom is 0.308 e. The number of benzene rings is 1. The minimum atomic E-state index is -0.253. The normalized spacial score (nSPS) is 17.4. The van der Waals surface area contributed by atoms with Crippen LogP contribution in [0, 0.1) is 5.92 Å². The molecule has 1 aromatic rings. The van der Waals surface area contributed by atoms with Crippen LogP contribution < -0.4 is 0 Å². The molecule has 0 radical (unpaired) electrons. The number of hydrogen-bond acceptors (Lipinski definition) is 3. The third-order valence-corrected chi connectivity index (χ3v) is 4.37. The summed E-state index contributed by atoms with van der Waals surface area (Å²) in [5.74, 6) is 0.117. The summed E-state index contributed by atoms with van der Waals surface area (Å²) < 4.78 is 5.11. The number of carbonyl (C=O) groups is 2. The van der Waals surface area contributed by atoms with Crippen molar-refractivity contribution < 1.29 is 14.3 Å². The molecule has 0 saturated carbocycles. The van der Waals surface area contributed by atoms with Crippen molar-refractivity contribution in [3.05, 3.63) is 34.9 Å². The summed E-state index contributed by atoms with van der Waals surface area (Å²) in [4.78, 5) is 26.8. The number of amides is 1. The molecule has 4 nitrogen and oxygen atoms in total. The van der Waals surface area contributed by atoms with E-state index in [1.165, 1.54) is 0 Å². The monoisotopic (exact) mass is 331 g/mol. The lowest BCUT2D eigenvalue weighted by molar-refractivity contribution is -0.144. The molecule has 4 heteroatoms. The van der Waals surface area contributed by atoms with E-state index in [-0.39, 0.29) is 29.8 Å². The van der Waals surface area contributed by atoms with Gasteiger partial charge in [0.25, 0.3) is 5.91 Å². The van der Waals surface area contributed by atoms with Gasteiger partial charge in [-0.25, -0.2) is 0 Å². The highest BCUT2D eigenvalue weighted by Crippen LogP contribution is 2.38. The van der Waals surface area contributed by atoms with E-state index in [1.807, 2.05) is 17.0 Å². The van der Waals surface area contributed by atoms with Gasteiger partial charge in [0.1, 0.15) is 0 Å². The van der Waals surface area contributed by atoms with Crippen molar-refractivity contribution in [3.63, 3.8) is 0 Å². The summed E-state index contributed by atoms with van der Waals surface area (Å²) in [6.45, 7) is 13.4. The molecule has 0 bridgehead atoms. The molecule has 0 N–H and O–H groups in total.